The summed E-state index contributed by atoms with van der Waals surface area (Å²) in [7, 11) is 3.51. The van der Waals surface area contributed by atoms with Crippen LogP contribution >= 0.6 is 0 Å². The number of para-hydroxylation sites is 1. The van der Waals surface area contributed by atoms with Crippen molar-refractivity contribution in [1.29, 1.82) is 0 Å². The molecule has 0 unspecified atom stereocenters. The summed E-state index contributed by atoms with van der Waals surface area (Å²) < 4.78 is 11.3. The average molecular weight is 402 g/mol. The molecule has 2 atom stereocenters. The molecule has 8 nitrogen and oxygen atoms in total. The van der Waals surface area contributed by atoms with Gasteiger partial charge in [0.05, 0.1) is 19.8 Å². The van der Waals surface area contributed by atoms with Crippen LogP contribution in [0.4, 0.5) is 10.5 Å². The first-order valence-electron chi connectivity index (χ1n) is 10.3. The molecule has 8 heteroatoms. The van der Waals surface area contributed by atoms with Gasteiger partial charge in [0, 0.05) is 57.9 Å². The Balaban J connectivity index is 1.39. The van der Waals surface area contributed by atoms with E-state index in [1.807, 2.05) is 18.2 Å². The van der Waals surface area contributed by atoms with Crippen molar-refractivity contribution >= 4 is 17.6 Å². The maximum absolute atomic E-state index is 12.7. The quantitative estimate of drug-likeness (QED) is 0.801. The lowest BCUT2D eigenvalue weighted by molar-refractivity contribution is -0.130. The van der Waals surface area contributed by atoms with Gasteiger partial charge in [-0.1, -0.05) is 18.2 Å². The molecule has 0 aliphatic carbocycles. The number of amides is 3. The van der Waals surface area contributed by atoms with Gasteiger partial charge in [-0.2, -0.15) is 0 Å². The van der Waals surface area contributed by atoms with Crippen LogP contribution in [0.5, 0.6) is 0 Å². The SMILES string of the molecule is CN(C)C(=O)N1C[C@@]2(CO[C@@H](C(=O)NCCN3CCOCC3)C2)c2ccccc21. The van der Waals surface area contributed by atoms with Crippen LogP contribution in [-0.4, -0.2) is 94.5 Å². The van der Waals surface area contributed by atoms with E-state index in [9.17, 15) is 9.59 Å². The predicted molar refractivity (Wildman–Crippen MR) is 109 cm³/mol. The van der Waals surface area contributed by atoms with Gasteiger partial charge in [0.1, 0.15) is 6.10 Å². The van der Waals surface area contributed by atoms with Gasteiger partial charge in [-0.05, 0) is 18.1 Å². The number of benzene rings is 1. The molecule has 4 rings (SSSR count). The van der Waals surface area contributed by atoms with Gasteiger partial charge in [0.15, 0.2) is 0 Å². The molecular formula is C21H30N4O4. The summed E-state index contributed by atoms with van der Waals surface area (Å²) in [6.45, 7) is 5.74. The fourth-order valence-corrected chi connectivity index (χ4v) is 4.52. The van der Waals surface area contributed by atoms with E-state index in [-0.39, 0.29) is 17.4 Å². The van der Waals surface area contributed by atoms with Crippen molar-refractivity contribution in [3.8, 4) is 0 Å². The highest BCUT2D eigenvalue weighted by Gasteiger charge is 2.51. The standard InChI is InChI=1S/C21H30N4O4/c1-23(2)20(27)25-14-21(16-5-3-4-6-17(16)25)13-18(29-15-21)19(26)22-7-8-24-9-11-28-12-10-24/h3-6,18H,7-15H2,1-2H3,(H,22,26)/t18-,21+/m1/s1. The number of hydrogen-bond acceptors (Lipinski definition) is 5. The number of carbonyl (C=O) groups is 2. The van der Waals surface area contributed by atoms with E-state index in [0.29, 0.717) is 26.1 Å². The maximum Gasteiger partial charge on any atom is 0.323 e. The average Bonchev–Trinajstić information content (AvgIpc) is 3.31. The van der Waals surface area contributed by atoms with E-state index >= 15 is 0 Å². The van der Waals surface area contributed by atoms with E-state index in [1.54, 1.807) is 23.9 Å². The topological polar surface area (TPSA) is 74.4 Å². The number of nitrogens with one attached hydrogen (secondary N) is 1. The summed E-state index contributed by atoms with van der Waals surface area (Å²) in [6, 6.07) is 7.91. The Morgan fingerprint density at radius 1 is 1.24 bits per heavy atom. The molecule has 1 N–H and O–H groups in total. The number of hydrogen-bond donors (Lipinski definition) is 1. The minimum Gasteiger partial charge on any atom is -0.379 e. The normalized spacial score (nSPS) is 26.6. The number of rotatable bonds is 4. The molecule has 3 aliphatic heterocycles. The lowest BCUT2D eigenvalue weighted by Crippen LogP contribution is -2.44. The molecule has 3 heterocycles. The van der Waals surface area contributed by atoms with Crippen molar-refractivity contribution in [1.82, 2.24) is 15.1 Å². The van der Waals surface area contributed by atoms with Crippen molar-refractivity contribution in [3.05, 3.63) is 29.8 Å². The highest BCUT2D eigenvalue weighted by Crippen LogP contribution is 2.47. The van der Waals surface area contributed by atoms with Gasteiger partial charge in [-0.25, -0.2) is 4.79 Å². The summed E-state index contributed by atoms with van der Waals surface area (Å²) >= 11 is 0. The van der Waals surface area contributed by atoms with Crippen molar-refractivity contribution in [3.63, 3.8) is 0 Å². The van der Waals surface area contributed by atoms with Crippen molar-refractivity contribution in [2.75, 3.05) is 71.5 Å². The highest BCUT2D eigenvalue weighted by molar-refractivity contribution is 5.95. The molecule has 3 amide bonds. The van der Waals surface area contributed by atoms with Gasteiger partial charge < -0.3 is 19.7 Å². The fourth-order valence-electron chi connectivity index (χ4n) is 4.52. The van der Waals surface area contributed by atoms with Crippen LogP contribution in [0.2, 0.25) is 0 Å². The van der Waals surface area contributed by atoms with E-state index < -0.39 is 6.10 Å². The summed E-state index contributed by atoms with van der Waals surface area (Å²) in [5.74, 6) is -0.0648. The first kappa shape index (κ1) is 20.1. The first-order chi connectivity index (χ1) is 14.0. The molecule has 3 aliphatic rings. The number of anilines is 1. The van der Waals surface area contributed by atoms with Crippen molar-refractivity contribution in [2.45, 2.75) is 17.9 Å². The van der Waals surface area contributed by atoms with E-state index in [0.717, 1.165) is 44.1 Å². The Hall–Kier alpha value is -2.16. The smallest absolute Gasteiger partial charge is 0.323 e. The third kappa shape index (κ3) is 3.97. The Morgan fingerprint density at radius 2 is 2.00 bits per heavy atom. The monoisotopic (exact) mass is 402 g/mol. The summed E-state index contributed by atoms with van der Waals surface area (Å²) in [4.78, 5) is 31.0. The molecule has 0 bridgehead atoms. The van der Waals surface area contributed by atoms with Crippen LogP contribution in [0, 0.1) is 0 Å². The molecule has 0 radical (unpaired) electrons. The van der Waals surface area contributed by atoms with Crippen LogP contribution in [0.1, 0.15) is 12.0 Å². The zero-order chi connectivity index (χ0) is 20.4. The maximum atomic E-state index is 12.7. The van der Waals surface area contributed by atoms with Crippen LogP contribution in [0.25, 0.3) is 0 Å². The number of ether oxygens (including phenoxy) is 2. The second-order valence-electron chi connectivity index (χ2n) is 8.31. The second-order valence-corrected chi connectivity index (χ2v) is 8.31. The summed E-state index contributed by atoms with van der Waals surface area (Å²) in [5.41, 5.74) is 1.69. The van der Waals surface area contributed by atoms with E-state index in [2.05, 4.69) is 16.3 Å². The highest BCUT2D eigenvalue weighted by atomic mass is 16.5. The van der Waals surface area contributed by atoms with E-state index in [4.69, 9.17) is 9.47 Å². The van der Waals surface area contributed by atoms with Crippen molar-refractivity contribution in [2.24, 2.45) is 0 Å². The minimum atomic E-state index is -0.484. The summed E-state index contributed by atoms with van der Waals surface area (Å²) in [6.07, 6.45) is 0.104. The van der Waals surface area contributed by atoms with Gasteiger partial charge >= 0.3 is 6.03 Å². The molecule has 2 fully saturated rings. The lowest BCUT2D eigenvalue weighted by atomic mass is 9.80. The Morgan fingerprint density at radius 3 is 2.76 bits per heavy atom. The molecule has 0 saturated carbocycles. The van der Waals surface area contributed by atoms with Gasteiger partial charge in [0.25, 0.3) is 0 Å². The van der Waals surface area contributed by atoms with Crippen LogP contribution in [-0.2, 0) is 19.7 Å². The minimum absolute atomic E-state index is 0.0484. The number of fused-ring (bicyclic) bond motifs is 2. The Bertz CT molecular complexity index is 765. The second kappa shape index (κ2) is 8.30. The molecule has 158 valence electrons. The molecule has 29 heavy (non-hydrogen) atoms. The molecule has 1 spiro atoms. The number of carbonyl (C=O) groups excluding carboxylic acids is 2. The Labute approximate surface area is 171 Å². The van der Waals surface area contributed by atoms with Crippen LogP contribution in [0.15, 0.2) is 24.3 Å². The number of nitrogens with zero attached hydrogens (tertiary/aromatic N) is 3. The largest absolute Gasteiger partial charge is 0.379 e. The molecule has 1 aromatic rings. The zero-order valence-electron chi connectivity index (χ0n) is 17.2. The summed E-state index contributed by atoms with van der Waals surface area (Å²) in [5, 5.41) is 3.02. The van der Waals surface area contributed by atoms with E-state index in [1.165, 1.54) is 0 Å². The molecular weight excluding hydrogens is 372 g/mol. The van der Waals surface area contributed by atoms with Crippen molar-refractivity contribution < 1.29 is 19.1 Å². The molecule has 1 aromatic carbocycles. The zero-order valence-corrected chi connectivity index (χ0v) is 17.2. The number of morpholine rings is 1. The Kier molecular flexibility index (Phi) is 5.76. The molecule has 0 aromatic heterocycles. The third-order valence-electron chi connectivity index (χ3n) is 6.10. The van der Waals surface area contributed by atoms with Gasteiger partial charge in [-0.3, -0.25) is 14.6 Å². The van der Waals surface area contributed by atoms with Gasteiger partial charge in [-0.15, -0.1) is 0 Å². The van der Waals surface area contributed by atoms with Crippen LogP contribution < -0.4 is 10.2 Å². The van der Waals surface area contributed by atoms with Gasteiger partial charge in [0.2, 0.25) is 5.91 Å². The fraction of sp³-hybridized carbons (Fsp3) is 0.619. The first-order valence-corrected chi connectivity index (χ1v) is 10.3. The third-order valence-corrected chi connectivity index (χ3v) is 6.10. The molecule has 2 saturated heterocycles. The number of urea groups is 1. The predicted octanol–water partition coefficient (Wildman–Crippen LogP) is 0.663. The lowest BCUT2D eigenvalue weighted by Gasteiger charge is -2.26. The van der Waals surface area contributed by atoms with Crippen LogP contribution in [0.3, 0.4) is 0 Å².